The molecule has 0 saturated heterocycles. The first-order valence-electron chi connectivity index (χ1n) is 18.0. The fraction of sp³-hybridized carbons (Fsp3) is 0.341. The summed E-state index contributed by atoms with van der Waals surface area (Å²) >= 11 is 0. The van der Waals surface area contributed by atoms with Gasteiger partial charge >= 0.3 is 0 Å². The number of hydrogen-bond donors (Lipinski definition) is 4. The number of carbonyl (C=O) groups is 3. The van der Waals surface area contributed by atoms with Crippen LogP contribution in [0, 0.1) is 0 Å². The van der Waals surface area contributed by atoms with Crippen LogP contribution in [-0.2, 0) is 36.8 Å². The molecule has 0 spiro atoms. The van der Waals surface area contributed by atoms with Gasteiger partial charge in [-0.05, 0) is 36.1 Å². The molecular weight excluding hydrogens is 676 g/mol. The van der Waals surface area contributed by atoms with Crippen molar-refractivity contribution >= 4 is 34.2 Å². The van der Waals surface area contributed by atoms with Crippen LogP contribution in [0.4, 0.5) is 5.69 Å². The number of carbonyl (C=O) groups excluding carboxylic acids is 3. The van der Waals surface area contributed by atoms with Crippen LogP contribution in [0.5, 0.6) is 11.8 Å². The Labute approximate surface area is 309 Å². The fourth-order valence-electron chi connectivity index (χ4n) is 6.22. The van der Waals surface area contributed by atoms with Crippen LogP contribution in [0.15, 0.2) is 91.0 Å². The first kappa shape index (κ1) is 38.8. The number of benzene rings is 3. The summed E-state index contributed by atoms with van der Waals surface area (Å²) < 4.78 is 19.9. The molecule has 2 heterocycles. The number of rotatable bonds is 21. The van der Waals surface area contributed by atoms with Gasteiger partial charge in [-0.25, -0.2) is 0 Å². The van der Waals surface area contributed by atoms with Crippen LogP contribution < -0.4 is 10.6 Å². The SMILES string of the molecule is CCCOCCOCCOCCn1c(-c2ccccc2)c(C(=O)C(C(=O)NCCc2ccccc2NC(=O)CC)n2c(O)ccc2O)c2ccccc21. The number of para-hydroxylation sites is 2. The summed E-state index contributed by atoms with van der Waals surface area (Å²) in [5.41, 5.74) is 3.78. The van der Waals surface area contributed by atoms with Crippen molar-refractivity contribution in [3.63, 3.8) is 0 Å². The maximum absolute atomic E-state index is 15.0. The molecule has 280 valence electrons. The first-order valence-corrected chi connectivity index (χ1v) is 18.0. The number of ether oxygens (including phenoxy) is 3. The van der Waals surface area contributed by atoms with Crippen LogP contribution in [0.1, 0.15) is 48.7 Å². The summed E-state index contributed by atoms with van der Waals surface area (Å²) in [4.78, 5) is 41.2. The molecule has 12 heteroatoms. The number of anilines is 1. The Bertz CT molecular complexity index is 1950. The topological polar surface area (TPSA) is 153 Å². The molecule has 3 aromatic carbocycles. The van der Waals surface area contributed by atoms with E-state index < -0.39 is 29.5 Å². The number of amides is 2. The molecule has 2 aromatic heterocycles. The summed E-state index contributed by atoms with van der Waals surface area (Å²) in [6.45, 7) is 7.16. The van der Waals surface area contributed by atoms with Gasteiger partial charge in [0.2, 0.25) is 5.91 Å². The molecular formula is C41H48N4O8. The van der Waals surface area contributed by atoms with Crippen molar-refractivity contribution in [3.05, 3.63) is 102 Å². The third-order valence-corrected chi connectivity index (χ3v) is 8.75. The molecule has 0 saturated carbocycles. The van der Waals surface area contributed by atoms with Gasteiger partial charge < -0.3 is 39.6 Å². The van der Waals surface area contributed by atoms with Gasteiger partial charge in [-0.15, -0.1) is 0 Å². The zero-order valence-corrected chi connectivity index (χ0v) is 30.3. The van der Waals surface area contributed by atoms with Crippen molar-refractivity contribution < 1.29 is 38.8 Å². The Kier molecular flexibility index (Phi) is 14.2. The fourth-order valence-corrected chi connectivity index (χ4v) is 6.22. The van der Waals surface area contributed by atoms with E-state index in [9.17, 15) is 24.6 Å². The number of aromatic hydroxyl groups is 2. The molecule has 0 aliphatic rings. The highest BCUT2D eigenvalue weighted by molar-refractivity contribution is 6.21. The normalized spacial score (nSPS) is 11.8. The van der Waals surface area contributed by atoms with Crippen LogP contribution in [0.3, 0.4) is 0 Å². The zero-order chi connectivity index (χ0) is 37.6. The summed E-state index contributed by atoms with van der Waals surface area (Å²) in [6.07, 6.45) is 1.62. The van der Waals surface area contributed by atoms with E-state index in [0.29, 0.717) is 75.8 Å². The quantitative estimate of drug-likeness (QED) is 0.0402. The molecule has 5 aromatic rings. The molecule has 4 N–H and O–H groups in total. The van der Waals surface area contributed by atoms with Gasteiger partial charge in [0.15, 0.2) is 23.6 Å². The summed E-state index contributed by atoms with van der Waals surface area (Å²) in [5.74, 6) is -2.36. The van der Waals surface area contributed by atoms with E-state index in [1.165, 1.54) is 12.1 Å². The Morgan fingerprint density at radius 3 is 2.06 bits per heavy atom. The van der Waals surface area contributed by atoms with Crippen LogP contribution >= 0.6 is 0 Å². The lowest BCUT2D eigenvalue weighted by molar-refractivity contribution is -0.123. The second-order valence-electron chi connectivity index (χ2n) is 12.4. The third-order valence-electron chi connectivity index (χ3n) is 8.75. The minimum atomic E-state index is -1.66. The minimum Gasteiger partial charge on any atom is -0.494 e. The number of ketones is 1. The van der Waals surface area contributed by atoms with Gasteiger partial charge in [0, 0.05) is 54.8 Å². The standard InChI is InChI=1S/C41H48N4O8/c1-3-23-51-25-27-53-28-26-52-24-22-44-33-17-11-9-15-31(33)37(38(44)30-13-6-5-7-14-30)40(49)39(45-35(47)18-19-36(45)48)41(50)42-21-20-29-12-8-10-16-32(29)43-34(46)4-2/h5-19,39,47-48H,3-4,20-28H2,1-2H3,(H,42,50)(H,43,46). The van der Waals surface area contributed by atoms with E-state index in [-0.39, 0.29) is 18.0 Å². The maximum Gasteiger partial charge on any atom is 0.251 e. The van der Waals surface area contributed by atoms with Gasteiger partial charge in [0.05, 0.1) is 44.3 Å². The van der Waals surface area contributed by atoms with E-state index in [1.54, 1.807) is 13.0 Å². The zero-order valence-electron chi connectivity index (χ0n) is 30.3. The molecule has 53 heavy (non-hydrogen) atoms. The Morgan fingerprint density at radius 1 is 0.736 bits per heavy atom. The van der Waals surface area contributed by atoms with Crippen molar-refractivity contribution in [3.8, 4) is 23.0 Å². The summed E-state index contributed by atoms with van der Waals surface area (Å²) in [7, 11) is 0. The molecule has 5 rings (SSSR count). The van der Waals surface area contributed by atoms with Gasteiger partial charge in [-0.3, -0.25) is 19.0 Å². The Morgan fingerprint density at radius 2 is 1.36 bits per heavy atom. The summed E-state index contributed by atoms with van der Waals surface area (Å²) in [6, 6.07) is 25.0. The van der Waals surface area contributed by atoms with Gasteiger partial charge in [-0.2, -0.15) is 0 Å². The predicted octanol–water partition coefficient (Wildman–Crippen LogP) is 6.11. The van der Waals surface area contributed by atoms with Gasteiger partial charge in [0.25, 0.3) is 5.91 Å². The molecule has 1 atom stereocenters. The van der Waals surface area contributed by atoms with Crippen LogP contribution in [0.25, 0.3) is 22.2 Å². The monoisotopic (exact) mass is 724 g/mol. The lowest BCUT2D eigenvalue weighted by Gasteiger charge is -2.21. The largest absolute Gasteiger partial charge is 0.494 e. The highest BCUT2D eigenvalue weighted by atomic mass is 16.5. The maximum atomic E-state index is 15.0. The van der Waals surface area contributed by atoms with Crippen molar-refractivity contribution in [2.75, 3.05) is 51.5 Å². The highest BCUT2D eigenvalue weighted by Crippen LogP contribution is 2.38. The Balaban J connectivity index is 1.44. The van der Waals surface area contributed by atoms with E-state index >= 15 is 0 Å². The molecule has 2 amide bonds. The van der Waals surface area contributed by atoms with E-state index in [4.69, 9.17) is 14.2 Å². The van der Waals surface area contributed by atoms with E-state index in [2.05, 4.69) is 17.6 Å². The van der Waals surface area contributed by atoms with Crippen molar-refractivity contribution in [1.82, 2.24) is 14.5 Å². The Hall–Kier alpha value is -5.43. The third kappa shape index (κ3) is 9.72. The molecule has 0 aliphatic carbocycles. The molecule has 12 nitrogen and oxygen atoms in total. The second kappa shape index (κ2) is 19.4. The highest BCUT2D eigenvalue weighted by Gasteiger charge is 2.37. The smallest absolute Gasteiger partial charge is 0.251 e. The number of nitrogens with one attached hydrogen (secondary N) is 2. The molecule has 1 unspecified atom stereocenters. The van der Waals surface area contributed by atoms with Crippen LogP contribution in [0.2, 0.25) is 0 Å². The van der Waals surface area contributed by atoms with Crippen molar-refractivity contribution in [2.45, 2.75) is 45.7 Å². The summed E-state index contributed by atoms with van der Waals surface area (Å²) in [5, 5.41) is 28.0. The number of Topliss-reactive ketones (excluding diaryl/α,β-unsaturated/α-hetero) is 1. The number of nitrogens with zero attached hydrogens (tertiary/aromatic N) is 2. The molecule has 0 aliphatic heterocycles. The van der Waals surface area contributed by atoms with Gasteiger partial charge in [0.1, 0.15) is 0 Å². The minimum absolute atomic E-state index is 0.116. The predicted molar refractivity (Wildman–Crippen MR) is 203 cm³/mol. The molecule has 0 radical (unpaired) electrons. The first-order chi connectivity index (χ1) is 25.8. The van der Waals surface area contributed by atoms with E-state index in [0.717, 1.165) is 27.6 Å². The number of hydrogen-bond acceptors (Lipinski definition) is 8. The number of aromatic nitrogens is 2. The van der Waals surface area contributed by atoms with Crippen molar-refractivity contribution in [2.24, 2.45) is 0 Å². The molecule has 0 fully saturated rings. The lowest BCUT2D eigenvalue weighted by atomic mass is 9.96. The average Bonchev–Trinajstić information content (AvgIpc) is 3.68. The lowest BCUT2D eigenvalue weighted by Crippen LogP contribution is -2.38. The van der Waals surface area contributed by atoms with E-state index in [1.807, 2.05) is 77.4 Å². The van der Waals surface area contributed by atoms with Crippen molar-refractivity contribution in [1.29, 1.82) is 0 Å². The van der Waals surface area contributed by atoms with Crippen LogP contribution in [-0.4, -0.2) is 83.1 Å². The van der Waals surface area contributed by atoms with Gasteiger partial charge in [-0.1, -0.05) is 80.6 Å². The number of fused-ring (bicyclic) bond motifs is 1. The second-order valence-corrected chi connectivity index (χ2v) is 12.4. The molecule has 0 bridgehead atoms. The average molecular weight is 725 g/mol.